The van der Waals surface area contributed by atoms with Gasteiger partial charge in [-0.15, -0.1) is 0 Å². The van der Waals surface area contributed by atoms with Crippen LogP contribution in [0.2, 0.25) is 5.02 Å². The van der Waals surface area contributed by atoms with E-state index < -0.39 is 0 Å². The highest BCUT2D eigenvalue weighted by molar-refractivity contribution is 7.99. The van der Waals surface area contributed by atoms with Gasteiger partial charge < -0.3 is 15.4 Å². The molecule has 2 saturated heterocycles. The van der Waals surface area contributed by atoms with Gasteiger partial charge in [0.25, 0.3) is 0 Å². The second kappa shape index (κ2) is 8.94. The maximum Gasteiger partial charge on any atom is 0.160 e. The molecule has 0 unspecified atom stereocenters. The summed E-state index contributed by atoms with van der Waals surface area (Å²) in [6.45, 7) is 4.66. The summed E-state index contributed by atoms with van der Waals surface area (Å²) in [5.41, 5.74) is 7.33. The zero-order valence-electron chi connectivity index (χ0n) is 17.8. The molecule has 9 heteroatoms. The second-order valence-electron chi connectivity index (χ2n) is 8.40. The van der Waals surface area contributed by atoms with Gasteiger partial charge in [-0.3, -0.25) is 0 Å². The van der Waals surface area contributed by atoms with Gasteiger partial charge in [0, 0.05) is 47.4 Å². The highest BCUT2D eigenvalue weighted by atomic mass is 35.5. The summed E-state index contributed by atoms with van der Waals surface area (Å²) in [6, 6.07) is 7.72. The molecule has 0 aliphatic carbocycles. The lowest BCUT2D eigenvalue weighted by Gasteiger charge is -2.41. The normalized spacial score (nSPS) is 22.4. The van der Waals surface area contributed by atoms with Gasteiger partial charge in [-0.1, -0.05) is 29.4 Å². The van der Waals surface area contributed by atoms with Crippen molar-refractivity contribution >= 4 is 29.2 Å². The summed E-state index contributed by atoms with van der Waals surface area (Å²) in [4.78, 5) is 21.1. The lowest BCUT2D eigenvalue weighted by molar-refractivity contribution is 0.0974. The molecular formula is C23H25ClN6OS. The van der Waals surface area contributed by atoms with Crippen LogP contribution in [0, 0.1) is 5.41 Å². The van der Waals surface area contributed by atoms with Gasteiger partial charge in [0.1, 0.15) is 10.8 Å². The van der Waals surface area contributed by atoms with E-state index in [1.165, 1.54) is 11.8 Å². The van der Waals surface area contributed by atoms with Crippen molar-refractivity contribution in [2.75, 3.05) is 24.6 Å². The third kappa shape index (κ3) is 4.08. The molecule has 7 nitrogen and oxygen atoms in total. The topological polar surface area (TPSA) is 90.0 Å². The first-order valence-electron chi connectivity index (χ1n) is 10.7. The number of piperidine rings is 1. The number of hydrogen-bond donors (Lipinski definition) is 1. The van der Waals surface area contributed by atoms with Crippen molar-refractivity contribution in [3.8, 4) is 11.4 Å². The summed E-state index contributed by atoms with van der Waals surface area (Å²) in [7, 11) is 0. The Kier molecular flexibility index (Phi) is 6.03. The zero-order chi connectivity index (χ0) is 22.1. The first kappa shape index (κ1) is 21.6. The number of rotatable bonds is 4. The minimum absolute atomic E-state index is 0.101. The first-order valence-corrected chi connectivity index (χ1v) is 11.9. The number of nitrogens with zero attached hydrogens (tertiary/aromatic N) is 5. The summed E-state index contributed by atoms with van der Waals surface area (Å²) >= 11 is 8.13. The minimum atomic E-state index is 0.101. The third-order valence-corrected chi connectivity index (χ3v) is 8.03. The van der Waals surface area contributed by atoms with Gasteiger partial charge in [0.05, 0.1) is 30.1 Å². The molecule has 2 aliphatic rings. The molecule has 1 spiro atoms. The standard InChI is InChI=1S/C23H25ClN6OS/c1-15-21(25)23(14-31-15)6-10-30(11-7-23)18-12-29-19(13-28-18)32-17-5-2-4-16(20(17)24)22-26-8-3-9-27-22/h2-5,8-9,12-13,15,21H,6-7,10-11,14,25H2,1H3/t15-,21+/m0/s1. The van der Waals surface area contributed by atoms with Crippen LogP contribution >= 0.6 is 23.4 Å². The Morgan fingerprint density at radius 1 is 1.09 bits per heavy atom. The van der Waals surface area contributed by atoms with E-state index in [9.17, 15) is 0 Å². The molecule has 0 bridgehead atoms. The monoisotopic (exact) mass is 468 g/mol. The predicted octanol–water partition coefficient (Wildman–Crippen LogP) is 4.07. The smallest absolute Gasteiger partial charge is 0.160 e. The van der Waals surface area contributed by atoms with Crippen LogP contribution in [0.1, 0.15) is 19.8 Å². The molecule has 0 radical (unpaired) electrons. The van der Waals surface area contributed by atoms with E-state index in [2.05, 4.69) is 31.8 Å². The molecule has 2 aliphatic heterocycles. The number of nitrogens with two attached hydrogens (primary N) is 1. The van der Waals surface area contributed by atoms with Crippen LogP contribution in [0.5, 0.6) is 0 Å². The van der Waals surface area contributed by atoms with Gasteiger partial charge in [0.15, 0.2) is 5.82 Å². The van der Waals surface area contributed by atoms with Crippen LogP contribution in [0.4, 0.5) is 5.82 Å². The van der Waals surface area contributed by atoms with Gasteiger partial charge >= 0.3 is 0 Å². The number of ether oxygens (including phenoxy) is 1. The summed E-state index contributed by atoms with van der Waals surface area (Å²) in [6.07, 6.45) is 9.22. The van der Waals surface area contributed by atoms with Crippen LogP contribution in [0.25, 0.3) is 11.4 Å². The molecular weight excluding hydrogens is 444 g/mol. The average Bonchev–Trinajstić information content (AvgIpc) is 3.10. The molecule has 2 atom stereocenters. The minimum Gasteiger partial charge on any atom is -0.376 e. The summed E-state index contributed by atoms with van der Waals surface area (Å²) in [5.74, 6) is 1.49. The molecule has 0 amide bonds. The van der Waals surface area contributed by atoms with E-state index in [4.69, 9.17) is 22.1 Å². The Hall–Kier alpha value is -2.26. The summed E-state index contributed by atoms with van der Waals surface area (Å²) in [5, 5.41) is 1.40. The van der Waals surface area contributed by atoms with Crippen molar-refractivity contribution in [2.24, 2.45) is 11.1 Å². The van der Waals surface area contributed by atoms with Crippen molar-refractivity contribution in [1.82, 2.24) is 19.9 Å². The quantitative estimate of drug-likeness (QED) is 0.612. The molecule has 3 aromatic rings. The second-order valence-corrected chi connectivity index (χ2v) is 9.84. The van der Waals surface area contributed by atoms with Gasteiger partial charge in [-0.05, 0) is 38.0 Å². The van der Waals surface area contributed by atoms with Gasteiger partial charge in [0.2, 0.25) is 0 Å². The van der Waals surface area contributed by atoms with Crippen LogP contribution in [-0.4, -0.2) is 51.8 Å². The predicted molar refractivity (Wildman–Crippen MR) is 126 cm³/mol. The lowest BCUT2D eigenvalue weighted by atomic mass is 9.73. The molecule has 2 fully saturated rings. The van der Waals surface area contributed by atoms with Crippen LogP contribution < -0.4 is 10.6 Å². The van der Waals surface area contributed by atoms with Crippen molar-refractivity contribution in [3.63, 3.8) is 0 Å². The van der Waals surface area contributed by atoms with Crippen molar-refractivity contribution in [3.05, 3.63) is 54.1 Å². The molecule has 166 valence electrons. The maximum absolute atomic E-state index is 6.65. The van der Waals surface area contributed by atoms with Crippen LogP contribution in [0.15, 0.2) is 59.0 Å². The molecule has 2 N–H and O–H groups in total. The number of hydrogen-bond acceptors (Lipinski definition) is 8. The highest BCUT2D eigenvalue weighted by Crippen LogP contribution is 2.42. The highest BCUT2D eigenvalue weighted by Gasteiger charge is 2.47. The zero-order valence-corrected chi connectivity index (χ0v) is 19.4. The van der Waals surface area contributed by atoms with E-state index >= 15 is 0 Å². The summed E-state index contributed by atoms with van der Waals surface area (Å²) < 4.78 is 5.83. The Balaban J connectivity index is 1.26. The molecule has 32 heavy (non-hydrogen) atoms. The first-order chi connectivity index (χ1) is 15.6. The Morgan fingerprint density at radius 3 is 2.53 bits per heavy atom. The van der Waals surface area contributed by atoms with Crippen molar-refractivity contribution in [2.45, 2.75) is 41.8 Å². The average molecular weight is 469 g/mol. The van der Waals surface area contributed by atoms with E-state index in [0.717, 1.165) is 53.8 Å². The third-order valence-electron chi connectivity index (χ3n) is 6.53. The largest absolute Gasteiger partial charge is 0.376 e. The van der Waals surface area contributed by atoms with Gasteiger partial charge in [-0.2, -0.15) is 0 Å². The van der Waals surface area contributed by atoms with E-state index in [0.29, 0.717) is 10.8 Å². The van der Waals surface area contributed by atoms with Crippen LogP contribution in [0.3, 0.4) is 0 Å². The Morgan fingerprint density at radius 2 is 1.88 bits per heavy atom. The fourth-order valence-corrected chi connectivity index (χ4v) is 5.60. The fraction of sp³-hybridized carbons (Fsp3) is 0.391. The van der Waals surface area contributed by atoms with Gasteiger partial charge in [-0.25, -0.2) is 19.9 Å². The SMILES string of the molecule is C[C@@H]1OCC2(CCN(c3cnc(Sc4cccc(-c5ncccn5)c4Cl)cn3)CC2)[C@@H]1N. The molecule has 5 rings (SSSR count). The van der Waals surface area contributed by atoms with E-state index in [1.807, 2.05) is 24.4 Å². The molecule has 1 aromatic carbocycles. The van der Waals surface area contributed by atoms with Crippen molar-refractivity contribution < 1.29 is 4.74 Å². The lowest BCUT2D eigenvalue weighted by Crippen LogP contribution is -2.50. The molecule has 4 heterocycles. The number of anilines is 1. The molecule has 0 saturated carbocycles. The number of aromatic nitrogens is 4. The number of benzene rings is 1. The Bertz CT molecular complexity index is 1080. The van der Waals surface area contributed by atoms with E-state index in [-0.39, 0.29) is 17.6 Å². The van der Waals surface area contributed by atoms with Crippen LogP contribution in [-0.2, 0) is 4.74 Å². The molecule has 2 aromatic heterocycles. The maximum atomic E-state index is 6.65. The number of halogens is 1. The van der Waals surface area contributed by atoms with E-state index in [1.54, 1.807) is 24.7 Å². The fourth-order valence-electron chi connectivity index (χ4n) is 4.49. The van der Waals surface area contributed by atoms with Crippen molar-refractivity contribution in [1.29, 1.82) is 0 Å². The Labute approximate surface area is 196 Å².